The number of nitrogens with one attached hydrogen (secondary N) is 2. The van der Waals surface area contributed by atoms with E-state index < -0.39 is 29.7 Å². The van der Waals surface area contributed by atoms with Gasteiger partial charge >= 0.3 is 12.2 Å². The van der Waals surface area contributed by atoms with E-state index in [1.807, 2.05) is 0 Å². The molecule has 1 fully saturated rings. The van der Waals surface area contributed by atoms with Gasteiger partial charge in [0.1, 0.15) is 23.1 Å². The molecule has 0 saturated carbocycles. The molecule has 33 heavy (non-hydrogen) atoms. The van der Waals surface area contributed by atoms with Crippen molar-refractivity contribution < 1.29 is 28.2 Å². The van der Waals surface area contributed by atoms with Crippen LogP contribution in [0.5, 0.6) is 11.5 Å². The number of pyridine rings is 1. The first-order valence-corrected chi connectivity index (χ1v) is 10.5. The Labute approximate surface area is 189 Å². The van der Waals surface area contributed by atoms with Crippen molar-refractivity contribution in [1.82, 2.24) is 14.9 Å². The average molecular weight is 456 g/mol. The van der Waals surface area contributed by atoms with Gasteiger partial charge in [0.2, 0.25) is 0 Å². The van der Waals surface area contributed by atoms with Crippen LogP contribution in [0.25, 0.3) is 11.0 Å². The van der Waals surface area contributed by atoms with Crippen molar-refractivity contribution in [2.24, 2.45) is 0 Å². The SMILES string of the molecule is CC(C)(C)OC(=O)N1CCC(OC(=O)Nc2ccc(Oc3ccnc4[nH]ccc34)c(F)c2)C1. The highest BCUT2D eigenvalue weighted by Gasteiger charge is 2.31. The number of aromatic amines is 1. The number of carbonyl (C=O) groups is 2. The minimum atomic E-state index is -0.734. The van der Waals surface area contributed by atoms with Crippen LogP contribution >= 0.6 is 0 Å². The Bertz CT molecular complexity index is 1170. The number of nitrogens with zero attached hydrogens (tertiary/aromatic N) is 2. The van der Waals surface area contributed by atoms with E-state index in [4.69, 9.17) is 14.2 Å². The van der Waals surface area contributed by atoms with E-state index >= 15 is 0 Å². The highest BCUT2D eigenvalue weighted by atomic mass is 19.1. The molecule has 9 nitrogen and oxygen atoms in total. The maximum absolute atomic E-state index is 14.6. The molecule has 1 atom stereocenters. The van der Waals surface area contributed by atoms with Crippen LogP contribution in [-0.2, 0) is 9.47 Å². The van der Waals surface area contributed by atoms with Crippen molar-refractivity contribution in [2.45, 2.75) is 38.9 Å². The van der Waals surface area contributed by atoms with E-state index in [0.717, 1.165) is 11.5 Å². The van der Waals surface area contributed by atoms with E-state index in [9.17, 15) is 14.0 Å². The lowest BCUT2D eigenvalue weighted by Crippen LogP contribution is -2.36. The molecule has 2 N–H and O–H groups in total. The number of amides is 2. The van der Waals surface area contributed by atoms with E-state index in [-0.39, 0.29) is 18.0 Å². The number of hydrogen-bond acceptors (Lipinski definition) is 6. The summed E-state index contributed by atoms with van der Waals surface area (Å²) in [5, 5.41) is 3.22. The van der Waals surface area contributed by atoms with Crippen LogP contribution in [0.4, 0.5) is 19.7 Å². The minimum Gasteiger partial charge on any atom is -0.453 e. The van der Waals surface area contributed by atoms with Crippen molar-refractivity contribution in [2.75, 3.05) is 18.4 Å². The highest BCUT2D eigenvalue weighted by Crippen LogP contribution is 2.31. The lowest BCUT2D eigenvalue weighted by molar-refractivity contribution is 0.0263. The maximum Gasteiger partial charge on any atom is 0.411 e. The van der Waals surface area contributed by atoms with Crippen molar-refractivity contribution in [3.63, 3.8) is 0 Å². The highest BCUT2D eigenvalue weighted by molar-refractivity contribution is 5.85. The predicted molar refractivity (Wildman–Crippen MR) is 119 cm³/mol. The van der Waals surface area contributed by atoms with Crippen LogP contribution in [-0.4, -0.2) is 51.8 Å². The third-order valence-corrected chi connectivity index (χ3v) is 4.89. The molecular weight excluding hydrogens is 431 g/mol. The van der Waals surface area contributed by atoms with E-state index in [2.05, 4.69) is 15.3 Å². The molecule has 0 radical (unpaired) electrons. The van der Waals surface area contributed by atoms with Gasteiger partial charge < -0.3 is 24.1 Å². The maximum atomic E-state index is 14.6. The molecule has 10 heteroatoms. The Hall–Kier alpha value is -3.82. The fourth-order valence-electron chi connectivity index (χ4n) is 3.42. The molecule has 1 unspecified atom stereocenters. The molecule has 3 aromatic rings. The predicted octanol–water partition coefficient (Wildman–Crippen LogP) is 5.05. The summed E-state index contributed by atoms with van der Waals surface area (Å²) in [7, 11) is 0. The second-order valence-electron chi connectivity index (χ2n) is 8.66. The zero-order valence-electron chi connectivity index (χ0n) is 18.6. The van der Waals surface area contributed by atoms with Gasteiger partial charge in [-0.15, -0.1) is 0 Å². The van der Waals surface area contributed by atoms with Crippen molar-refractivity contribution in [1.29, 1.82) is 0 Å². The topological polar surface area (TPSA) is 106 Å². The molecule has 4 rings (SSSR count). The normalized spacial score (nSPS) is 16.0. The number of ether oxygens (including phenoxy) is 3. The van der Waals surface area contributed by atoms with E-state index in [1.165, 1.54) is 17.0 Å². The molecule has 1 aliphatic rings. The zero-order valence-corrected chi connectivity index (χ0v) is 18.6. The van der Waals surface area contributed by atoms with Crippen molar-refractivity contribution >= 4 is 28.9 Å². The third-order valence-electron chi connectivity index (χ3n) is 4.89. The second kappa shape index (κ2) is 8.97. The van der Waals surface area contributed by atoms with E-state index in [0.29, 0.717) is 24.4 Å². The molecule has 2 amide bonds. The lowest BCUT2D eigenvalue weighted by Gasteiger charge is -2.24. The number of aromatic nitrogens is 2. The number of carbonyl (C=O) groups excluding carboxylic acids is 2. The summed E-state index contributed by atoms with van der Waals surface area (Å²) in [6, 6.07) is 7.50. The molecule has 0 aliphatic carbocycles. The molecular formula is C23H25FN4O5. The number of hydrogen-bond donors (Lipinski definition) is 2. The second-order valence-corrected chi connectivity index (χ2v) is 8.66. The molecule has 0 bridgehead atoms. The van der Waals surface area contributed by atoms with Crippen LogP contribution in [0.2, 0.25) is 0 Å². The van der Waals surface area contributed by atoms with Gasteiger partial charge in [0.05, 0.1) is 11.9 Å². The van der Waals surface area contributed by atoms with Gasteiger partial charge in [0.15, 0.2) is 11.6 Å². The molecule has 2 aromatic heterocycles. The Balaban J connectivity index is 1.32. The minimum absolute atomic E-state index is 0.00594. The van der Waals surface area contributed by atoms with Gasteiger partial charge in [-0.25, -0.2) is 19.0 Å². The van der Waals surface area contributed by atoms with Gasteiger partial charge in [0, 0.05) is 37.1 Å². The average Bonchev–Trinajstić information content (AvgIpc) is 3.38. The van der Waals surface area contributed by atoms with E-state index in [1.54, 1.807) is 45.3 Å². The van der Waals surface area contributed by atoms with Crippen LogP contribution < -0.4 is 10.1 Å². The van der Waals surface area contributed by atoms with Crippen LogP contribution in [0.15, 0.2) is 42.7 Å². The zero-order chi connectivity index (χ0) is 23.6. The molecule has 1 saturated heterocycles. The summed E-state index contributed by atoms with van der Waals surface area (Å²) < 4.78 is 31.0. The smallest absolute Gasteiger partial charge is 0.411 e. The molecule has 0 spiro atoms. The Morgan fingerprint density at radius 1 is 1.21 bits per heavy atom. The molecule has 1 aliphatic heterocycles. The number of fused-ring (bicyclic) bond motifs is 1. The first kappa shape index (κ1) is 22.4. The fraction of sp³-hybridized carbons (Fsp3) is 0.348. The van der Waals surface area contributed by atoms with Gasteiger partial charge in [-0.05, 0) is 45.0 Å². The number of rotatable bonds is 4. The first-order valence-electron chi connectivity index (χ1n) is 10.5. The van der Waals surface area contributed by atoms with Gasteiger partial charge in [-0.3, -0.25) is 5.32 Å². The summed E-state index contributed by atoms with van der Waals surface area (Å²) in [5.41, 5.74) is 0.248. The third kappa shape index (κ3) is 5.51. The first-order chi connectivity index (χ1) is 15.7. The number of benzene rings is 1. The number of H-pyrrole nitrogens is 1. The Morgan fingerprint density at radius 2 is 2.03 bits per heavy atom. The van der Waals surface area contributed by atoms with Gasteiger partial charge in [-0.1, -0.05) is 0 Å². The largest absolute Gasteiger partial charge is 0.453 e. The van der Waals surface area contributed by atoms with Gasteiger partial charge in [0.25, 0.3) is 0 Å². The van der Waals surface area contributed by atoms with Crippen molar-refractivity contribution in [3.05, 3.63) is 48.5 Å². The Morgan fingerprint density at radius 3 is 2.79 bits per heavy atom. The molecule has 174 valence electrons. The summed E-state index contributed by atoms with van der Waals surface area (Å²) in [6.07, 6.45) is 2.12. The Kier molecular flexibility index (Phi) is 6.08. The van der Waals surface area contributed by atoms with Crippen LogP contribution in [0.1, 0.15) is 27.2 Å². The summed E-state index contributed by atoms with van der Waals surface area (Å²) in [6.45, 7) is 6.03. The fourth-order valence-corrected chi connectivity index (χ4v) is 3.42. The van der Waals surface area contributed by atoms with Crippen LogP contribution in [0.3, 0.4) is 0 Å². The molecule has 1 aromatic carbocycles. The van der Waals surface area contributed by atoms with Crippen molar-refractivity contribution in [3.8, 4) is 11.5 Å². The lowest BCUT2D eigenvalue weighted by atomic mass is 10.2. The molecule has 3 heterocycles. The van der Waals surface area contributed by atoms with Crippen LogP contribution in [0, 0.1) is 5.82 Å². The van der Waals surface area contributed by atoms with Gasteiger partial charge in [-0.2, -0.15) is 0 Å². The monoisotopic (exact) mass is 456 g/mol. The summed E-state index contributed by atoms with van der Waals surface area (Å²) in [5.74, 6) is -0.187. The standard InChI is InChI=1S/C23H25FN4O5/c1-23(2,3)33-22(30)28-11-8-15(13-28)31-21(29)27-14-4-5-19(17(24)12-14)32-18-7-10-26-20-16(18)6-9-25-20/h4-7,9-10,12,15H,8,11,13H2,1-3H3,(H,25,26)(H,27,29). The number of likely N-dealkylation sites (tertiary alicyclic amines) is 1. The number of anilines is 1. The summed E-state index contributed by atoms with van der Waals surface area (Å²) >= 11 is 0. The summed E-state index contributed by atoms with van der Waals surface area (Å²) in [4.78, 5) is 33.0. The quantitative estimate of drug-likeness (QED) is 0.569. The number of halogens is 1.